The lowest BCUT2D eigenvalue weighted by Crippen LogP contribution is -2.83. The van der Waals surface area contributed by atoms with Gasteiger partial charge in [0.25, 0.3) is 0 Å². The average Bonchev–Trinajstić information content (AvgIpc) is 3.14. The second kappa shape index (κ2) is 6.46. The van der Waals surface area contributed by atoms with E-state index in [2.05, 4.69) is 50.1 Å². The Bertz CT molecular complexity index is 844. The number of benzene rings is 1. The molecule has 1 saturated carbocycles. The van der Waals surface area contributed by atoms with Crippen LogP contribution < -0.4 is 4.90 Å². The molecule has 1 aromatic rings. The third-order valence-corrected chi connectivity index (χ3v) is 10.5. The van der Waals surface area contributed by atoms with Crippen LogP contribution in [0.4, 0.5) is 5.69 Å². The highest BCUT2D eigenvalue weighted by Gasteiger charge is 2.82. The van der Waals surface area contributed by atoms with Crippen LogP contribution in [0.5, 0.6) is 0 Å². The van der Waals surface area contributed by atoms with Gasteiger partial charge in [0.05, 0.1) is 30.1 Å². The van der Waals surface area contributed by atoms with Crippen molar-refractivity contribution in [3.63, 3.8) is 0 Å². The van der Waals surface area contributed by atoms with Gasteiger partial charge < -0.3 is 15.1 Å². The van der Waals surface area contributed by atoms with E-state index in [4.69, 9.17) is 0 Å². The smallest absolute Gasteiger partial charge is 0.194 e. The summed E-state index contributed by atoms with van der Waals surface area (Å²) in [5, 5.41) is 23.9. The van der Waals surface area contributed by atoms with Gasteiger partial charge in [0.15, 0.2) is 6.23 Å². The minimum absolute atomic E-state index is 0.131. The van der Waals surface area contributed by atoms with E-state index in [1.165, 1.54) is 43.4 Å². The summed E-state index contributed by atoms with van der Waals surface area (Å²) in [5.41, 5.74) is 2.57. The number of hydrogen-bond acceptors (Lipinski definition) is 3. The van der Waals surface area contributed by atoms with Crippen LogP contribution in [0.1, 0.15) is 64.4 Å². The maximum absolute atomic E-state index is 12.0. The van der Waals surface area contributed by atoms with Crippen LogP contribution in [0.2, 0.25) is 0 Å². The number of nitrogens with zero attached hydrogens (tertiary/aromatic N) is 2. The second-order valence-corrected chi connectivity index (χ2v) is 11.1. The van der Waals surface area contributed by atoms with Gasteiger partial charge in [0.2, 0.25) is 0 Å². The molecule has 6 aliphatic rings. The van der Waals surface area contributed by atoms with Gasteiger partial charge in [-0.25, -0.2) is 0 Å². The van der Waals surface area contributed by atoms with Gasteiger partial charge >= 0.3 is 0 Å². The Hall–Kier alpha value is -1.10. The van der Waals surface area contributed by atoms with Gasteiger partial charge in [-0.15, -0.1) is 0 Å². The van der Waals surface area contributed by atoms with E-state index < -0.39 is 0 Å². The summed E-state index contributed by atoms with van der Waals surface area (Å²) < 4.78 is 0.894. The number of unbranched alkanes of at least 4 members (excludes halogenated alkanes) is 3. The zero-order valence-electron chi connectivity index (χ0n) is 18.9. The van der Waals surface area contributed by atoms with Gasteiger partial charge in [0, 0.05) is 37.4 Å². The molecule has 164 valence electrons. The summed E-state index contributed by atoms with van der Waals surface area (Å²) in [7, 11) is 2.25. The van der Waals surface area contributed by atoms with Crippen molar-refractivity contribution in [1.82, 2.24) is 0 Å². The lowest BCUT2D eigenvalue weighted by Gasteiger charge is -2.68. The van der Waals surface area contributed by atoms with E-state index >= 15 is 0 Å². The van der Waals surface area contributed by atoms with Crippen molar-refractivity contribution in [3.8, 4) is 0 Å². The maximum atomic E-state index is 12.0. The van der Waals surface area contributed by atoms with Crippen LogP contribution in [0.3, 0.4) is 0 Å². The van der Waals surface area contributed by atoms with Crippen LogP contribution in [-0.2, 0) is 5.41 Å². The lowest BCUT2D eigenvalue weighted by molar-refractivity contribution is -1.04. The molecule has 0 radical (unpaired) electrons. The van der Waals surface area contributed by atoms with Gasteiger partial charge in [-0.3, -0.25) is 4.48 Å². The van der Waals surface area contributed by atoms with Crippen molar-refractivity contribution in [1.29, 1.82) is 0 Å². The molecule has 0 amide bonds. The summed E-state index contributed by atoms with van der Waals surface area (Å²) in [6.07, 6.45) is 7.77. The van der Waals surface area contributed by atoms with E-state index in [0.717, 1.165) is 23.9 Å². The lowest BCUT2D eigenvalue weighted by atomic mass is 9.60. The van der Waals surface area contributed by atoms with Crippen LogP contribution in [-0.4, -0.2) is 58.7 Å². The molecule has 5 aliphatic heterocycles. The first-order valence-corrected chi connectivity index (χ1v) is 12.6. The number of fused-ring (bicyclic) bond motifs is 2. The number of anilines is 1. The van der Waals surface area contributed by atoms with Gasteiger partial charge in [0.1, 0.15) is 6.04 Å². The van der Waals surface area contributed by atoms with Crippen LogP contribution >= 0.6 is 0 Å². The highest BCUT2D eigenvalue weighted by atomic mass is 16.3. The zero-order chi connectivity index (χ0) is 20.8. The summed E-state index contributed by atoms with van der Waals surface area (Å²) >= 11 is 0. The molecule has 5 bridgehead atoms. The Labute approximate surface area is 181 Å². The molecular weight excluding hydrogens is 372 g/mol. The topological polar surface area (TPSA) is 43.7 Å². The summed E-state index contributed by atoms with van der Waals surface area (Å²) in [5.74, 6) is 1.18. The number of quaternary nitrogens is 1. The molecule has 5 fully saturated rings. The molecule has 1 aromatic carbocycles. The van der Waals surface area contributed by atoms with Crippen LogP contribution in [0, 0.1) is 17.8 Å². The number of para-hydroxylation sites is 1. The summed E-state index contributed by atoms with van der Waals surface area (Å²) in [6.45, 7) is 5.62. The highest BCUT2D eigenvalue weighted by molar-refractivity contribution is 5.66. The van der Waals surface area contributed by atoms with Gasteiger partial charge in [-0.05, 0) is 36.8 Å². The number of piperidine rings is 4. The van der Waals surface area contributed by atoms with Crippen molar-refractivity contribution in [2.24, 2.45) is 17.8 Å². The quantitative estimate of drug-likeness (QED) is 0.555. The molecule has 4 saturated heterocycles. The fourth-order valence-electron chi connectivity index (χ4n) is 9.65. The average molecular weight is 412 g/mol. The Balaban J connectivity index is 1.50. The normalized spacial score (nSPS) is 49.6. The van der Waals surface area contributed by atoms with Crippen LogP contribution in [0.15, 0.2) is 24.3 Å². The second-order valence-electron chi connectivity index (χ2n) is 11.1. The predicted molar refractivity (Wildman–Crippen MR) is 119 cm³/mol. The minimum Gasteiger partial charge on any atom is -0.392 e. The van der Waals surface area contributed by atoms with Crippen molar-refractivity contribution in [2.75, 3.05) is 18.5 Å². The molecule has 2 N–H and O–H groups in total. The Morgan fingerprint density at radius 3 is 2.67 bits per heavy atom. The Kier molecular flexibility index (Phi) is 4.22. The zero-order valence-corrected chi connectivity index (χ0v) is 18.9. The Morgan fingerprint density at radius 1 is 1.10 bits per heavy atom. The molecule has 1 spiro atoms. The number of rotatable bonds is 6. The maximum Gasteiger partial charge on any atom is 0.194 e. The molecule has 7 rings (SSSR count). The van der Waals surface area contributed by atoms with Crippen molar-refractivity contribution >= 4 is 5.69 Å². The number of aliphatic hydroxyl groups excluding tert-OH is 2. The first-order chi connectivity index (χ1) is 14.5. The minimum atomic E-state index is -0.272. The molecule has 10 atom stereocenters. The molecule has 0 aromatic heterocycles. The molecule has 4 heteroatoms. The van der Waals surface area contributed by atoms with Gasteiger partial charge in [-0.2, -0.15) is 0 Å². The Morgan fingerprint density at radius 2 is 1.90 bits per heavy atom. The largest absolute Gasteiger partial charge is 0.392 e. The van der Waals surface area contributed by atoms with E-state index in [1.54, 1.807) is 0 Å². The fraction of sp³-hybridized carbons (Fsp3) is 0.769. The van der Waals surface area contributed by atoms with Gasteiger partial charge in [-0.1, -0.05) is 44.9 Å². The van der Waals surface area contributed by atoms with E-state index in [1.807, 2.05) is 0 Å². The number of likely N-dealkylation sites (N-methyl/N-ethyl adjacent to an activating group) is 1. The van der Waals surface area contributed by atoms with Crippen LogP contribution in [0.25, 0.3) is 0 Å². The number of aliphatic hydroxyl groups is 2. The van der Waals surface area contributed by atoms with Crippen molar-refractivity contribution < 1.29 is 14.7 Å². The summed E-state index contributed by atoms with van der Waals surface area (Å²) in [4.78, 5) is 2.50. The standard InChI is InChI=1S/C26H39N2O2/c1-4-6-7-10-13-28-20-14-17(16(5-2)25(28)30)22-21(28)15-26(24(22)29)18-11-8-9-12-19(18)27(3)23(20)26/h8-9,11-12,16-17,20-25,29-30H,4-7,10,13-15H2,1-3H3/q+1/t16-,17+,20-,21-,22+,23-,24-,25+,26+,28+/m0/s1. The molecule has 30 heavy (non-hydrogen) atoms. The predicted octanol–water partition coefficient (Wildman–Crippen LogP) is 3.65. The summed E-state index contributed by atoms with van der Waals surface area (Å²) in [6, 6.07) is 10.0. The molecule has 0 unspecified atom stereocenters. The number of hydrogen-bond donors (Lipinski definition) is 2. The SMILES string of the molecule is CCCCCC[N@@+]12[C@H](O)[C@@H](CC)[C@H]3C[C@H]1[C@@H]1N(C)c4ccccc4[C@]14C[C@H]2[C@@H]3[C@@H]4O. The molecule has 1 aliphatic carbocycles. The third-order valence-electron chi connectivity index (χ3n) is 10.5. The third kappa shape index (κ3) is 1.96. The monoisotopic (exact) mass is 411 g/mol. The van der Waals surface area contributed by atoms with Crippen molar-refractivity contribution in [3.05, 3.63) is 29.8 Å². The highest BCUT2D eigenvalue weighted by Crippen LogP contribution is 2.71. The fourth-order valence-corrected chi connectivity index (χ4v) is 9.65. The molecular formula is C26H39N2O2+. The van der Waals surface area contributed by atoms with E-state index in [-0.39, 0.29) is 17.7 Å². The first kappa shape index (κ1) is 19.6. The van der Waals surface area contributed by atoms with Crippen molar-refractivity contribution in [2.45, 2.75) is 94.7 Å². The first-order valence-electron chi connectivity index (χ1n) is 12.6. The van der Waals surface area contributed by atoms with E-state index in [9.17, 15) is 10.2 Å². The molecule has 5 heterocycles. The molecule has 4 nitrogen and oxygen atoms in total. The van der Waals surface area contributed by atoms with E-state index in [0.29, 0.717) is 35.9 Å².